The molecule has 7 heteroatoms. The van der Waals surface area contributed by atoms with Crippen molar-refractivity contribution in [3.63, 3.8) is 0 Å². The molecule has 1 heterocycles. The summed E-state index contributed by atoms with van der Waals surface area (Å²) in [6.07, 6.45) is 4.70. The summed E-state index contributed by atoms with van der Waals surface area (Å²) in [6.45, 7) is 0. The van der Waals surface area contributed by atoms with E-state index in [1.54, 1.807) is 23.2 Å². The normalized spacial score (nSPS) is 10.7. The van der Waals surface area contributed by atoms with Crippen LogP contribution in [0.15, 0.2) is 36.5 Å². The number of anilines is 3. The highest BCUT2D eigenvalue weighted by Gasteiger charge is 2.12. The molecule has 0 saturated heterocycles. The molecule has 2 aromatic rings. The van der Waals surface area contributed by atoms with Crippen molar-refractivity contribution < 1.29 is 4.79 Å². The topological polar surface area (TPSA) is 61.4 Å². The number of carbonyl (C=O) groups excluding carboxylic acids is 1. The van der Waals surface area contributed by atoms with Gasteiger partial charge in [-0.2, -0.15) is 4.98 Å². The van der Waals surface area contributed by atoms with Gasteiger partial charge in [-0.05, 0) is 17.7 Å². The van der Waals surface area contributed by atoms with Crippen molar-refractivity contribution in [1.82, 2.24) is 9.97 Å². The van der Waals surface area contributed by atoms with Gasteiger partial charge in [0.25, 0.3) is 0 Å². The van der Waals surface area contributed by atoms with Crippen LogP contribution >= 0.6 is 11.6 Å². The van der Waals surface area contributed by atoms with Gasteiger partial charge in [0.1, 0.15) is 5.69 Å². The molecule has 1 aromatic heterocycles. The minimum Gasteiger partial charge on any atom is -0.361 e. The lowest BCUT2D eigenvalue weighted by atomic mass is 10.2. The Balaban J connectivity index is 2.18. The number of benzene rings is 1. The highest BCUT2D eigenvalue weighted by molar-refractivity contribution is 6.32. The number of hydrogen-bond acceptors (Lipinski definition) is 5. The van der Waals surface area contributed by atoms with Gasteiger partial charge in [0, 0.05) is 39.3 Å². The molecule has 6 nitrogen and oxygen atoms in total. The van der Waals surface area contributed by atoms with Crippen molar-refractivity contribution in [2.45, 2.75) is 0 Å². The molecular formula is C17H20ClN5O. The maximum Gasteiger partial charge on any atom is 0.248 e. The Morgan fingerprint density at radius 1 is 1.17 bits per heavy atom. The van der Waals surface area contributed by atoms with E-state index in [1.807, 2.05) is 51.3 Å². The molecule has 0 aliphatic carbocycles. The number of carbonyl (C=O) groups is 1. The first-order valence-corrected chi connectivity index (χ1v) is 7.71. The summed E-state index contributed by atoms with van der Waals surface area (Å²) in [5.41, 5.74) is 1.32. The number of nitrogens with zero attached hydrogens (tertiary/aromatic N) is 4. The number of nitrogens with one attached hydrogen (secondary N) is 1. The van der Waals surface area contributed by atoms with Gasteiger partial charge in [-0.15, -0.1) is 0 Å². The highest BCUT2D eigenvalue weighted by Crippen LogP contribution is 2.23. The maximum atomic E-state index is 12.2. The molecule has 1 aromatic carbocycles. The molecule has 0 saturated carbocycles. The number of amides is 1. The van der Waals surface area contributed by atoms with Gasteiger partial charge in [0.2, 0.25) is 11.9 Å². The Morgan fingerprint density at radius 2 is 1.88 bits per heavy atom. The van der Waals surface area contributed by atoms with Crippen LogP contribution in [0, 0.1) is 0 Å². The smallest absolute Gasteiger partial charge is 0.248 e. The van der Waals surface area contributed by atoms with Crippen LogP contribution in [0.3, 0.4) is 0 Å². The Labute approximate surface area is 146 Å². The maximum absolute atomic E-state index is 12.2. The standard InChI is InChI=1S/C17H20ClN5O/c1-22(2)16-14(11-19-17(21-16)23(3)4)20-15(24)10-9-12-7-5-6-8-13(12)18/h5-11H,1-4H3,(H,20,24)/b10-9+. The lowest BCUT2D eigenvalue weighted by Gasteiger charge is -2.18. The SMILES string of the molecule is CN(C)c1ncc(NC(=O)/C=C/c2ccccc2Cl)c(N(C)C)n1. The fraction of sp³-hybridized carbons (Fsp3) is 0.235. The predicted molar refractivity (Wildman–Crippen MR) is 99.8 cm³/mol. The van der Waals surface area contributed by atoms with Crippen LogP contribution in [0.25, 0.3) is 6.08 Å². The van der Waals surface area contributed by atoms with E-state index in [-0.39, 0.29) is 5.91 Å². The van der Waals surface area contributed by atoms with E-state index in [0.29, 0.717) is 22.5 Å². The quantitative estimate of drug-likeness (QED) is 0.844. The van der Waals surface area contributed by atoms with Crippen molar-refractivity contribution in [3.05, 3.63) is 47.1 Å². The number of halogens is 1. The molecule has 0 radical (unpaired) electrons. The van der Waals surface area contributed by atoms with E-state index < -0.39 is 0 Å². The van der Waals surface area contributed by atoms with Crippen molar-refractivity contribution in [1.29, 1.82) is 0 Å². The monoisotopic (exact) mass is 345 g/mol. The van der Waals surface area contributed by atoms with Crippen LogP contribution in [-0.2, 0) is 4.79 Å². The van der Waals surface area contributed by atoms with Gasteiger partial charge in [-0.1, -0.05) is 29.8 Å². The second kappa shape index (κ2) is 7.79. The summed E-state index contributed by atoms with van der Waals surface area (Å²) in [5.74, 6) is 0.927. The average Bonchev–Trinajstić information content (AvgIpc) is 2.54. The summed E-state index contributed by atoms with van der Waals surface area (Å²) < 4.78 is 0. The zero-order valence-corrected chi connectivity index (χ0v) is 14.9. The van der Waals surface area contributed by atoms with Crippen molar-refractivity contribution >= 4 is 41.0 Å². The zero-order chi connectivity index (χ0) is 17.7. The first-order chi connectivity index (χ1) is 11.4. The summed E-state index contributed by atoms with van der Waals surface area (Å²) in [7, 11) is 7.44. The third-order valence-electron chi connectivity index (χ3n) is 3.16. The molecule has 0 spiro atoms. The van der Waals surface area contributed by atoms with Gasteiger partial charge >= 0.3 is 0 Å². The van der Waals surface area contributed by atoms with Crippen LogP contribution in [0.1, 0.15) is 5.56 Å². The number of hydrogen-bond donors (Lipinski definition) is 1. The van der Waals surface area contributed by atoms with Crippen LogP contribution in [0.2, 0.25) is 5.02 Å². The molecule has 0 aliphatic heterocycles. The molecular weight excluding hydrogens is 326 g/mol. The zero-order valence-electron chi connectivity index (χ0n) is 14.1. The summed E-state index contributed by atoms with van der Waals surface area (Å²) in [4.78, 5) is 24.5. The van der Waals surface area contributed by atoms with E-state index in [0.717, 1.165) is 5.56 Å². The highest BCUT2D eigenvalue weighted by atomic mass is 35.5. The Bertz CT molecular complexity index is 758. The summed E-state index contributed by atoms with van der Waals surface area (Å²) in [6, 6.07) is 7.32. The van der Waals surface area contributed by atoms with Crippen LogP contribution in [0.5, 0.6) is 0 Å². The van der Waals surface area contributed by atoms with E-state index >= 15 is 0 Å². The number of rotatable bonds is 5. The van der Waals surface area contributed by atoms with Gasteiger partial charge in [-0.25, -0.2) is 4.98 Å². The van der Waals surface area contributed by atoms with Gasteiger partial charge in [0.05, 0.1) is 6.20 Å². The van der Waals surface area contributed by atoms with Gasteiger partial charge in [-0.3, -0.25) is 4.79 Å². The first kappa shape index (κ1) is 17.7. The van der Waals surface area contributed by atoms with Crippen molar-refractivity contribution in [3.8, 4) is 0 Å². The van der Waals surface area contributed by atoms with Gasteiger partial charge < -0.3 is 15.1 Å². The Hall–Kier alpha value is -2.60. The third kappa shape index (κ3) is 4.45. The molecule has 0 bridgehead atoms. The van der Waals surface area contributed by atoms with Crippen LogP contribution in [0.4, 0.5) is 17.5 Å². The van der Waals surface area contributed by atoms with Gasteiger partial charge in [0.15, 0.2) is 5.82 Å². The summed E-state index contributed by atoms with van der Waals surface area (Å²) >= 11 is 6.07. The molecule has 0 fully saturated rings. The molecule has 0 unspecified atom stereocenters. The average molecular weight is 346 g/mol. The first-order valence-electron chi connectivity index (χ1n) is 7.33. The molecule has 2 rings (SSSR count). The van der Waals surface area contributed by atoms with E-state index in [2.05, 4.69) is 15.3 Å². The fourth-order valence-corrected chi connectivity index (χ4v) is 2.16. The van der Waals surface area contributed by atoms with E-state index in [1.165, 1.54) is 6.08 Å². The molecule has 1 N–H and O–H groups in total. The second-order valence-electron chi connectivity index (χ2n) is 5.54. The van der Waals surface area contributed by atoms with Crippen molar-refractivity contribution in [2.24, 2.45) is 0 Å². The van der Waals surface area contributed by atoms with E-state index in [4.69, 9.17) is 11.6 Å². The molecule has 0 atom stereocenters. The summed E-state index contributed by atoms with van der Waals surface area (Å²) in [5, 5.41) is 3.39. The van der Waals surface area contributed by atoms with Crippen LogP contribution < -0.4 is 15.1 Å². The molecule has 0 aliphatic rings. The largest absolute Gasteiger partial charge is 0.361 e. The second-order valence-corrected chi connectivity index (χ2v) is 5.95. The Morgan fingerprint density at radius 3 is 2.50 bits per heavy atom. The van der Waals surface area contributed by atoms with Crippen molar-refractivity contribution in [2.75, 3.05) is 43.3 Å². The minimum atomic E-state index is -0.278. The number of aromatic nitrogens is 2. The third-order valence-corrected chi connectivity index (χ3v) is 3.50. The van der Waals surface area contributed by atoms with E-state index in [9.17, 15) is 4.79 Å². The molecule has 126 valence electrons. The fourth-order valence-electron chi connectivity index (χ4n) is 1.96. The Kier molecular flexibility index (Phi) is 5.76. The molecule has 1 amide bonds. The minimum absolute atomic E-state index is 0.278. The molecule has 24 heavy (non-hydrogen) atoms. The lowest BCUT2D eigenvalue weighted by molar-refractivity contribution is -0.111. The van der Waals surface area contributed by atoms with Crippen LogP contribution in [-0.4, -0.2) is 44.1 Å². The lowest BCUT2D eigenvalue weighted by Crippen LogP contribution is -2.20. The predicted octanol–water partition coefficient (Wildman–Crippen LogP) is 2.91.